The van der Waals surface area contributed by atoms with Crippen LogP contribution in [0.2, 0.25) is 5.02 Å². The summed E-state index contributed by atoms with van der Waals surface area (Å²) in [5.41, 5.74) is 2.06. The fourth-order valence-electron chi connectivity index (χ4n) is 5.20. The average Bonchev–Trinajstić information content (AvgIpc) is 3.54. The number of carbonyl (C=O) groups excluding carboxylic acids is 3. The number of halogens is 1. The lowest BCUT2D eigenvalue weighted by Gasteiger charge is -2.35. The summed E-state index contributed by atoms with van der Waals surface area (Å²) in [6, 6.07) is 11.9. The molecule has 0 aliphatic carbocycles. The number of ether oxygens (including phenoxy) is 3. The van der Waals surface area contributed by atoms with Crippen molar-refractivity contribution in [2.75, 3.05) is 55.7 Å². The van der Waals surface area contributed by atoms with Gasteiger partial charge in [0.1, 0.15) is 5.82 Å². The molecule has 1 saturated heterocycles. The Kier molecular flexibility index (Phi) is 9.50. The second-order valence-electron chi connectivity index (χ2n) is 10.8. The molecule has 1 aromatic heterocycles. The number of carbonyl (C=O) groups is 3. The largest absolute Gasteiger partial charge is 0.510 e. The van der Waals surface area contributed by atoms with Gasteiger partial charge in [-0.05, 0) is 60.1 Å². The topological polar surface area (TPSA) is 102 Å². The molecule has 5 rings (SSSR count). The van der Waals surface area contributed by atoms with Gasteiger partial charge in [-0.2, -0.15) is 4.37 Å². The Labute approximate surface area is 254 Å². The Bertz CT molecular complexity index is 1450. The zero-order valence-electron chi connectivity index (χ0n) is 24.0. The first-order chi connectivity index (χ1) is 20.2. The smallest absolute Gasteiger partial charge is 0.462 e. The van der Waals surface area contributed by atoms with Crippen LogP contribution in [0.1, 0.15) is 31.9 Å². The number of rotatable bonds is 10. The first-order valence-electron chi connectivity index (χ1n) is 14.2. The van der Waals surface area contributed by atoms with E-state index in [9.17, 15) is 14.4 Å². The van der Waals surface area contributed by atoms with E-state index in [-0.39, 0.29) is 25.6 Å². The van der Waals surface area contributed by atoms with Crippen LogP contribution in [-0.4, -0.2) is 79.5 Å². The molecule has 3 aromatic rings. The maximum absolute atomic E-state index is 13.1. The van der Waals surface area contributed by atoms with Crippen molar-refractivity contribution in [2.45, 2.75) is 39.8 Å². The molecular weight excluding hydrogens is 580 g/mol. The van der Waals surface area contributed by atoms with Crippen molar-refractivity contribution >= 4 is 62.8 Å². The molecule has 1 amide bonds. The number of nitrogens with zero attached hydrogens (tertiary/aromatic N) is 4. The van der Waals surface area contributed by atoms with Crippen molar-refractivity contribution in [3.63, 3.8) is 0 Å². The van der Waals surface area contributed by atoms with Gasteiger partial charge in [0.05, 0.1) is 30.0 Å². The highest BCUT2D eigenvalue weighted by molar-refractivity contribution is 7.13. The molecule has 0 radical (unpaired) electrons. The molecule has 10 nitrogen and oxygen atoms in total. The SMILES string of the molecule is CCOC(=O)C(OC(=O)OCC(C)C)N1C(=O)Cc2cc(CCN3CCN(c4nsc5ccccc45)CC3)c(Cl)cc21. The van der Waals surface area contributed by atoms with Gasteiger partial charge in [-0.25, -0.2) is 9.59 Å². The second kappa shape index (κ2) is 13.3. The minimum Gasteiger partial charge on any atom is -0.462 e. The molecule has 42 heavy (non-hydrogen) atoms. The third-order valence-corrected chi connectivity index (χ3v) is 8.48. The maximum atomic E-state index is 13.1. The first-order valence-corrected chi connectivity index (χ1v) is 15.4. The lowest BCUT2D eigenvalue weighted by molar-refractivity contribution is -0.156. The summed E-state index contributed by atoms with van der Waals surface area (Å²) >= 11 is 8.24. The van der Waals surface area contributed by atoms with Crippen LogP contribution < -0.4 is 9.80 Å². The molecule has 3 heterocycles. The van der Waals surface area contributed by atoms with E-state index in [1.807, 2.05) is 26.0 Å². The van der Waals surface area contributed by atoms with Crippen LogP contribution in [0.15, 0.2) is 36.4 Å². The highest BCUT2D eigenvalue weighted by Crippen LogP contribution is 2.36. The molecule has 2 aliphatic heterocycles. The second-order valence-corrected chi connectivity index (χ2v) is 12.0. The van der Waals surface area contributed by atoms with Gasteiger partial charge in [0, 0.05) is 43.1 Å². The summed E-state index contributed by atoms with van der Waals surface area (Å²) in [4.78, 5) is 44.1. The Balaban J connectivity index is 1.23. The third kappa shape index (κ3) is 6.63. The van der Waals surface area contributed by atoms with Crippen LogP contribution >= 0.6 is 23.1 Å². The zero-order valence-corrected chi connectivity index (χ0v) is 25.6. The summed E-state index contributed by atoms with van der Waals surface area (Å²) in [5.74, 6) is -0.111. The number of hydrogen-bond acceptors (Lipinski definition) is 10. The highest BCUT2D eigenvalue weighted by atomic mass is 35.5. The fourth-order valence-corrected chi connectivity index (χ4v) is 6.25. The predicted molar refractivity (Wildman–Crippen MR) is 162 cm³/mol. The van der Waals surface area contributed by atoms with Crippen molar-refractivity contribution in [2.24, 2.45) is 5.92 Å². The van der Waals surface area contributed by atoms with Crippen LogP contribution in [0.3, 0.4) is 0 Å². The van der Waals surface area contributed by atoms with Gasteiger partial charge >= 0.3 is 12.1 Å². The standard InChI is InChI=1S/C30H35ClN4O6S/c1-4-39-29(37)28(41-30(38)40-18-19(2)3)35-24-17-23(31)20(15-21(24)16-26(35)36)9-10-33-11-13-34(14-12-33)27-22-7-5-6-8-25(22)42-32-27/h5-8,15,17,19,28H,4,9-14,16,18H2,1-3H3. The molecular formula is C30H35ClN4O6S. The summed E-state index contributed by atoms with van der Waals surface area (Å²) in [7, 11) is 0. The number of aromatic nitrogens is 1. The van der Waals surface area contributed by atoms with Crippen LogP contribution in [0, 0.1) is 5.92 Å². The summed E-state index contributed by atoms with van der Waals surface area (Å²) < 4.78 is 21.4. The zero-order chi connectivity index (χ0) is 29.8. The first kappa shape index (κ1) is 30.1. The summed E-state index contributed by atoms with van der Waals surface area (Å²) in [6.45, 7) is 9.98. The van der Waals surface area contributed by atoms with Gasteiger partial charge in [-0.1, -0.05) is 43.6 Å². The van der Waals surface area contributed by atoms with Crippen LogP contribution in [0.25, 0.3) is 10.1 Å². The third-order valence-electron chi connectivity index (χ3n) is 7.31. The summed E-state index contributed by atoms with van der Waals surface area (Å²) in [5, 5.41) is 1.68. The van der Waals surface area contributed by atoms with Gasteiger partial charge in [0.15, 0.2) is 0 Å². The van der Waals surface area contributed by atoms with E-state index >= 15 is 0 Å². The minimum absolute atomic E-state index is 0.0556. The van der Waals surface area contributed by atoms with E-state index in [1.165, 1.54) is 21.6 Å². The molecule has 2 aromatic carbocycles. The molecule has 0 spiro atoms. The molecule has 1 atom stereocenters. The average molecular weight is 615 g/mol. The number of benzene rings is 2. The van der Waals surface area contributed by atoms with Crippen molar-refractivity contribution in [3.05, 3.63) is 52.5 Å². The van der Waals surface area contributed by atoms with Crippen molar-refractivity contribution in [1.29, 1.82) is 0 Å². The van der Waals surface area contributed by atoms with E-state index in [0.717, 1.165) is 49.0 Å². The van der Waals surface area contributed by atoms with E-state index in [2.05, 4.69) is 28.0 Å². The van der Waals surface area contributed by atoms with Crippen molar-refractivity contribution in [1.82, 2.24) is 9.27 Å². The number of amides is 1. The lowest BCUT2D eigenvalue weighted by Crippen LogP contribution is -2.47. The van der Waals surface area contributed by atoms with Gasteiger partial charge in [0.2, 0.25) is 5.91 Å². The van der Waals surface area contributed by atoms with Gasteiger partial charge in [-0.3, -0.25) is 14.6 Å². The fraction of sp³-hybridized carbons (Fsp3) is 0.467. The number of anilines is 2. The molecule has 224 valence electrons. The maximum Gasteiger partial charge on any atom is 0.510 e. The van der Waals surface area contributed by atoms with Crippen LogP contribution in [-0.2, 0) is 36.6 Å². The Morgan fingerprint density at radius 1 is 1.10 bits per heavy atom. The monoisotopic (exact) mass is 614 g/mol. The van der Waals surface area contributed by atoms with E-state index in [1.54, 1.807) is 13.0 Å². The van der Waals surface area contributed by atoms with Crippen molar-refractivity contribution in [3.8, 4) is 0 Å². The number of hydrogen-bond donors (Lipinski definition) is 0. The number of esters is 1. The molecule has 2 aliphatic rings. The van der Waals surface area contributed by atoms with E-state index in [4.69, 9.17) is 30.2 Å². The molecule has 0 bridgehead atoms. The molecule has 1 unspecified atom stereocenters. The quantitative estimate of drug-likeness (QED) is 0.295. The normalized spacial score (nSPS) is 16.2. The molecule has 0 N–H and O–H groups in total. The van der Waals surface area contributed by atoms with Gasteiger partial charge < -0.3 is 19.1 Å². The lowest BCUT2D eigenvalue weighted by atomic mass is 10.1. The molecule has 1 fully saturated rings. The minimum atomic E-state index is -1.61. The molecule has 12 heteroatoms. The molecule has 0 saturated carbocycles. The Morgan fingerprint density at radius 3 is 2.60 bits per heavy atom. The van der Waals surface area contributed by atoms with E-state index in [0.29, 0.717) is 22.7 Å². The Morgan fingerprint density at radius 2 is 1.86 bits per heavy atom. The van der Waals surface area contributed by atoms with E-state index < -0.39 is 24.3 Å². The Hall–Kier alpha value is -3.41. The van der Waals surface area contributed by atoms with Gasteiger partial charge in [-0.15, -0.1) is 0 Å². The van der Waals surface area contributed by atoms with Crippen molar-refractivity contribution < 1.29 is 28.6 Å². The van der Waals surface area contributed by atoms with Crippen LogP contribution in [0.4, 0.5) is 16.3 Å². The highest BCUT2D eigenvalue weighted by Gasteiger charge is 2.41. The van der Waals surface area contributed by atoms with Crippen LogP contribution in [0.5, 0.6) is 0 Å². The van der Waals surface area contributed by atoms with Gasteiger partial charge in [0.25, 0.3) is 6.23 Å². The number of fused-ring (bicyclic) bond motifs is 2. The number of piperazine rings is 1. The summed E-state index contributed by atoms with van der Waals surface area (Å²) in [6.07, 6.45) is -1.89. The predicted octanol–water partition coefficient (Wildman–Crippen LogP) is 4.90.